The van der Waals surface area contributed by atoms with Crippen LogP contribution in [0.25, 0.3) is 0 Å². The van der Waals surface area contributed by atoms with Crippen LogP contribution in [0.4, 0.5) is 5.82 Å². The van der Waals surface area contributed by atoms with Gasteiger partial charge in [-0.2, -0.15) is 0 Å². The van der Waals surface area contributed by atoms with Gasteiger partial charge in [0, 0.05) is 5.56 Å². The Morgan fingerprint density at radius 3 is 2.71 bits per heavy atom. The standard InChI is InChI=1S/C13H18ClN3/c1-5-7-10(6-2)17-13-11(9(3)4)12(14)15-8-16-13/h2,8-10H,5,7H2,1,3-4H3,(H,15,16,17). The highest BCUT2D eigenvalue weighted by Crippen LogP contribution is 2.28. The van der Waals surface area contributed by atoms with Gasteiger partial charge in [-0.3, -0.25) is 0 Å². The minimum atomic E-state index is -0.0107. The van der Waals surface area contributed by atoms with Gasteiger partial charge in [-0.25, -0.2) is 9.97 Å². The summed E-state index contributed by atoms with van der Waals surface area (Å²) in [4.78, 5) is 8.23. The Hall–Kier alpha value is -1.27. The summed E-state index contributed by atoms with van der Waals surface area (Å²) in [7, 11) is 0. The lowest BCUT2D eigenvalue weighted by Gasteiger charge is -2.17. The van der Waals surface area contributed by atoms with Gasteiger partial charge in [0.25, 0.3) is 0 Å². The van der Waals surface area contributed by atoms with Gasteiger partial charge < -0.3 is 5.32 Å². The molecular formula is C13H18ClN3. The predicted molar refractivity (Wildman–Crippen MR) is 72.3 cm³/mol. The molecule has 4 heteroatoms. The van der Waals surface area contributed by atoms with E-state index in [0.717, 1.165) is 24.2 Å². The van der Waals surface area contributed by atoms with Crippen molar-refractivity contribution in [1.82, 2.24) is 9.97 Å². The van der Waals surface area contributed by atoms with Gasteiger partial charge >= 0.3 is 0 Å². The van der Waals surface area contributed by atoms with Crippen molar-refractivity contribution in [2.45, 2.75) is 45.6 Å². The second kappa shape index (κ2) is 6.46. The molecule has 0 aliphatic rings. The van der Waals surface area contributed by atoms with Crippen LogP contribution in [0.5, 0.6) is 0 Å². The van der Waals surface area contributed by atoms with Crippen LogP contribution in [-0.2, 0) is 0 Å². The van der Waals surface area contributed by atoms with Gasteiger partial charge in [-0.05, 0) is 12.3 Å². The van der Waals surface area contributed by atoms with Gasteiger partial charge in [0.1, 0.15) is 17.3 Å². The molecule has 0 saturated carbocycles. The second-order valence-corrected chi connectivity index (χ2v) is 4.59. The average Bonchev–Trinajstić information content (AvgIpc) is 2.28. The summed E-state index contributed by atoms with van der Waals surface area (Å²) in [5, 5.41) is 3.74. The van der Waals surface area contributed by atoms with Crippen molar-refractivity contribution in [3.63, 3.8) is 0 Å². The Labute approximate surface area is 108 Å². The Balaban J connectivity index is 2.98. The number of nitrogens with zero attached hydrogens (tertiary/aromatic N) is 2. The molecule has 0 aromatic carbocycles. The number of hydrogen-bond donors (Lipinski definition) is 1. The van der Waals surface area contributed by atoms with E-state index in [-0.39, 0.29) is 12.0 Å². The van der Waals surface area contributed by atoms with Crippen LogP contribution in [0, 0.1) is 12.3 Å². The van der Waals surface area contributed by atoms with Crippen LogP contribution in [-0.4, -0.2) is 16.0 Å². The number of rotatable bonds is 5. The monoisotopic (exact) mass is 251 g/mol. The third-order valence-electron chi connectivity index (χ3n) is 2.50. The molecule has 1 aromatic heterocycles. The van der Waals surface area contributed by atoms with Gasteiger partial charge in [0.05, 0.1) is 6.04 Å². The first-order valence-electron chi connectivity index (χ1n) is 5.83. The van der Waals surface area contributed by atoms with Crippen molar-refractivity contribution in [3.05, 3.63) is 17.0 Å². The van der Waals surface area contributed by atoms with E-state index < -0.39 is 0 Å². The van der Waals surface area contributed by atoms with E-state index in [2.05, 4.69) is 42.0 Å². The van der Waals surface area contributed by atoms with E-state index in [9.17, 15) is 0 Å². The van der Waals surface area contributed by atoms with Gasteiger partial charge in [-0.15, -0.1) is 6.42 Å². The first kappa shape index (κ1) is 13.8. The lowest BCUT2D eigenvalue weighted by molar-refractivity contribution is 0.745. The molecule has 0 fully saturated rings. The molecule has 0 radical (unpaired) electrons. The fourth-order valence-electron chi connectivity index (χ4n) is 1.65. The Bertz CT molecular complexity index is 410. The molecule has 1 atom stereocenters. The van der Waals surface area contributed by atoms with Crippen molar-refractivity contribution in [2.24, 2.45) is 0 Å². The number of aromatic nitrogens is 2. The molecule has 0 spiro atoms. The molecular weight excluding hydrogens is 234 g/mol. The van der Waals surface area contributed by atoms with Crippen molar-refractivity contribution in [2.75, 3.05) is 5.32 Å². The van der Waals surface area contributed by atoms with E-state index in [1.54, 1.807) is 0 Å². The number of anilines is 1. The number of terminal acetylenes is 1. The summed E-state index contributed by atoms with van der Waals surface area (Å²) in [5.41, 5.74) is 0.922. The summed E-state index contributed by atoms with van der Waals surface area (Å²) in [6, 6.07) is -0.0107. The number of halogens is 1. The van der Waals surface area contributed by atoms with Crippen molar-refractivity contribution in [1.29, 1.82) is 0 Å². The summed E-state index contributed by atoms with van der Waals surface area (Å²) >= 11 is 6.09. The van der Waals surface area contributed by atoms with E-state index in [1.165, 1.54) is 6.33 Å². The first-order chi connectivity index (χ1) is 8.10. The first-order valence-corrected chi connectivity index (χ1v) is 6.21. The number of hydrogen-bond acceptors (Lipinski definition) is 3. The molecule has 0 aliphatic heterocycles. The highest BCUT2D eigenvalue weighted by Gasteiger charge is 2.15. The fourth-order valence-corrected chi connectivity index (χ4v) is 2.00. The van der Waals surface area contributed by atoms with Crippen LogP contribution in [0.2, 0.25) is 5.15 Å². The third-order valence-corrected chi connectivity index (χ3v) is 2.80. The van der Waals surface area contributed by atoms with Gasteiger partial charge in [0.15, 0.2) is 0 Å². The minimum Gasteiger partial charge on any atom is -0.356 e. The lowest BCUT2D eigenvalue weighted by Crippen LogP contribution is -2.19. The molecule has 0 amide bonds. The zero-order valence-electron chi connectivity index (χ0n) is 10.5. The summed E-state index contributed by atoms with van der Waals surface area (Å²) in [6.07, 6.45) is 8.87. The molecule has 1 heterocycles. The zero-order chi connectivity index (χ0) is 12.8. The maximum atomic E-state index is 6.09. The molecule has 1 rings (SSSR count). The SMILES string of the molecule is C#CC(CCC)Nc1ncnc(Cl)c1C(C)C. The largest absolute Gasteiger partial charge is 0.356 e. The predicted octanol–water partition coefficient (Wildman–Crippen LogP) is 3.47. The average molecular weight is 252 g/mol. The van der Waals surface area contributed by atoms with Crippen molar-refractivity contribution >= 4 is 17.4 Å². The highest BCUT2D eigenvalue weighted by molar-refractivity contribution is 6.30. The molecule has 1 aromatic rings. The van der Waals surface area contributed by atoms with Crippen LogP contribution in [0.15, 0.2) is 6.33 Å². The maximum Gasteiger partial charge on any atom is 0.138 e. The third kappa shape index (κ3) is 3.61. The molecule has 0 aliphatic carbocycles. The summed E-state index contributed by atoms with van der Waals surface area (Å²) in [6.45, 7) is 6.21. The topological polar surface area (TPSA) is 37.8 Å². The molecule has 0 bridgehead atoms. The van der Waals surface area contributed by atoms with Crippen LogP contribution < -0.4 is 5.32 Å². The Morgan fingerprint density at radius 1 is 1.47 bits per heavy atom. The summed E-state index contributed by atoms with van der Waals surface area (Å²) < 4.78 is 0. The molecule has 1 N–H and O–H groups in total. The smallest absolute Gasteiger partial charge is 0.138 e. The Kier molecular flexibility index (Phi) is 5.24. The molecule has 3 nitrogen and oxygen atoms in total. The molecule has 0 saturated heterocycles. The lowest BCUT2D eigenvalue weighted by atomic mass is 10.1. The van der Waals surface area contributed by atoms with E-state index in [1.807, 2.05) is 0 Å². The quantitative estimate of drug-likeness (QED) is 0.643. The van der Waals surface area contributed by atoms with E-state index in [4.69, 9.17) is 18.0 Å². The van der Waals surface area contributed by atoms with Gasteiger partial charge in [-0.1, -0.05) is 44.7 Å². The van der Waals surface area contributed by atoms with Crippen LogP contribution in [0.1, 0.15) is 45.1 Å². The normalized spacial score (nSPS) is 12.2. The van der Waals surface area contributed by atoms with Gasteiger partial charge in [0.2, 0.25) is 0 Å². The van der Waals surface area contributed by atoms with Crippen molar-refractivity contribution < 1.29 is 0 Å². The number of nitrogens with one attached hydrogen (secondary N) is 1. The molecule has 1 unspecified atom stereocenters. The maximum absolute atomic E-state index is 6.09. The van der Waals surface area contributed by atoms with E-state index >= 15 is 0 Å². The summed E-state index contributed by atoms with van der Waals surface area (Å²) in [5.74, 6) is 3.72. The highest BCUT2D eigenvalue weighted by atomic mass is 35.5. The van der Waals surface area contributed by atoms with Crippen molar-refractivity contribution in [3.8, 4) is 12.3 Å². The second-order valence-electron chi connectivity index (χ2n) is 4.23. The van der Waals surface area contributed by atoms with Crippen LogP contribution in [0.3, 0.4) is 0 Å². The van der Waals surface area contributed by atoms with Crippen LogP contribution >= 0.6 is 11.6 Å². The zero-order valence-corrected chi connectivity index (χ0v) is 11.3. The molecule has 92 valence electrons. The molecule has 17 heavy (non-hydrogen) atoms. The minimum absolute atomic E-state index is 0.0107. The van der Waals surface area contributed by atoms with E-state index in [0.29, 0.717) is 5.15 Å². The Morgan fingerprint density at radius 2 is 2.18 bits per heavy atom. The fraction of sp³-hybridized carbons (Fsp3) is 0.538.